The van der Waals surface area contributed by atoms with Gasteiger partial charge < -0.3 is 9.47 Å². The van der Waals surface area contributed by atoms with Gasteiger partial charge in [0, 0.05) is 0 Å². The number of aryl methyl sites for hydroxylation is 2. The lowest BCUT2D eigenvalue weighted by Gasteiger charge is -2.26. The van der Waals surface area contributed by atoms with Crippen LogP contribution in [0, 0.1) is 13.8 Å². The second kappa shape index (κ2) is 6.22. The largest absolute Gasteiger partial charge is 0.486 e. The van der Waals surface area contributed by atoms with Gasteiger partial charge in [0.25, 0.3) is 10.1 Å². The van der Waals surface area contributed by atoms with Crippen LogP contribution >= 0.6 is 0 Å². The van der Waals surface area contributed by atoms with Crippen LogP contribution in [-0.2, 0) is 14.3 Å². The normalized spacial score (nSPS) is 17.0. The molecule has 0 saturated carbocycles. The fraction of sp³-hybridized carbons (Fsp3) is 0.294. The number of rotatable bonds is 4. The average molecular weight is 334 g/mol. The highest BCUT2D eigenvalue weighted by molar-refractivity contribution is 7.86. The van der Waals surface area contributed by atoms with E-state index in [9.17, 15) is 8.42 Å². The lowest BCUT2D eigenvalue weighted by atomic mass is 10.2. The Labute approximate surface area is 135 Å². The van der Waals surface area contributed by atoms with Crippen LogP contribution in [0.2, 0.25) is 0 Å². The Morgan fingerprint density at radius 2 is 1.74 bits per heavy atom. The summed E-state index contributed by atoms with van der Waals surface area (Å²) in [6.45, 7) is 4.01. The molecule has 0 N–H and O–H groups in total. The van der Waals surface area contributed by atoms with Crippen molar-refractivity contribution in [3.63, 3.8) is 0 Å². The first-order valence-corrected chi connectivity index (χ1v) is 8.71. The van der Waals surface area contributed by atoms with Gasteiger partial charge in [0.2, 0.25) is 0 Å². The lowest BCUT2D eigenvalue weighted by Crippen LogP contribution is -2.34. The van der Waals surface area contributed by atoms with Gasteiger partial charge >= 0.3 is 0 Å². The molecule has 5 nitrogen and oxygen atoms in total. The SMILES string of the molecule is Cc1ccc(S(=O)(=O)OC[C@H]2COc3cc(C)ccc3O2)cc1. The van der Waals surface area contributed by atoms with E-state index in [4.69, 9.17) is 13.7 Å². The molecule has 1 heterocycles. The van der Waals surface area contributed by atoms with Gasteiger partial charge in [-0.15, -0.1) is 0 Å². The van der Waals surface area contributed by atoms with Crippen LogP contribution < -0.4 is 9.47 Å². The summed E-state index contributed by atoms with van der Waals surface area (Å²) in [4.78, 5) is 0.135. The zero-order valence-corrected chi connectivity index (χ0v) is 13.8. The highest BCUT2D eigenvalue weighted by Gasteiger charge is 2.24. The molecule has 0 fully saturated rings. The Morgan fingerprint density at radius 1 is 1.04 bits per heavy atom. The van der Waals surface area contributed by atoms with E-state index in [-0.39, 0.29) is 18.1 Å². The van der Waals surface area contributed by atoms with E-state index in [1.807, 2.05) is 32.0 Å². The number of benzene rings is 2. The van der Waals surface area contributed by atoms with Gasteiger partial charge in [0.1, 0.15) is 13.2 Å². The summed E-state index contributed by atoms with van der Waals surface area (Å²) in [6.07, 6.45) is -0.467. The molecule has 1 aliphatic heterocycles. The smallest absolute Gasteiger partial charge is 0.297 e. The molecule has 122 valence electrons. The van der Waals surface area contributed by atoms with E-state index >= 15 is 0 Å². The van der Waals surface area contributed by atoms with E-state index in [0.717, 1.165) is 11.1 Å². The minimum atomic E-state index is -3.80. The maximum absolute atomic E-state index is 12.2. The van der Waals surface area contributed by atoms with Crippen LogP contribution in [0.25, 0.3) is 0 Å². The zero-order valence-electron chi connectivity index (χ0n) is 13.0. The van der Waals surface area contributed by atoms with Gasteiger partial charge in [-0.1, -0.05) is 23.8 Å². The Kier molecular flexibility index (Phi) is 4.28. The molecule has 6 heteroatoms. The Morgan fingerprint density at radius 3 is 2.48 bits per heavy atom. The van der Waals surface area contributed by atoms with Crippen molar-refractivity contribution in [2.75, 3.05) is 13.2 Å². The number of fused-ring (bicyclic) bond motifs is 1. The molecule has 0 spiro atoms. The Bertz CT molecular complexity index is 796. The molecule has 1 atom stereocenters. The molecular weight excluding hydrogens is 316 g/mol. The molecule has 0 amide bonds. The number of hydrogen-bond donors (Lipinski definition) is 0. The monoisotopic (exact) mass is 334 g/mol. The fourth-order valence-electron chi connectivity index (χ4n) is 2.24. The predicted octanol–water partition coefficient (Wildman–Crippen LogP) is 2.85. The summed E-state index contributed by atoms with van der Waals surface area (Å²) in [5.74, 6) is 1.27. The Balaban J connectivity index is 1.65. The van der Waals surface area contributed by atoms with Crippen molar-refractivity contribution in [2.24, 2.45) is 0 Å². The van der Waals surface area contributed by atoms with E-state index < -0.39 is 16.2 Å². The third kappa shape index (κ3) is 3.65. The first kappa shape index (κ1) is 15.8. The zero-order chi connectivity index (χ0) is 16.4. The van der Waals surface area contributed by atoms with Crippen LogP contribution in [0.15, 0.2) is 47.4 Å². The molecule has 0 bridgehead atoms. The minimum Gasteiger partial charge on any atom is -0.486 e. The molecule has 2 aromatic rings. The third-order valence-electron chi connectivity index (χ3n) is 3.54. The van der Waals surface area contributed by atoms with Crippen molar-refractivity contribution < 1.29 is 22.1 Å². The highest BCUT2D eigenvalue weighted by atomic mass is 32.2. The predicted molar refractivity (Wildman–Crippen MR) is 85.4 cm³/mol. The summed E-state index contributed by atoms with van der Waals surface area (Å²) in [5, 5.41) is 0. The second-order valence-corrected chi connectivity index (χ2v) is 7.17. The van der Waals surface area contributed by atoms with Crippen LogP contribution in [-0.4, -0.2) is 27.7 Å². The van der Waals surface area contributed by atoms with Crippen molar-refractivity contribution in [3.8, 4) is 11.5 Å². The summed E-state index contributed by atoms with van der Waals surface area (Å²) in [7, 11) is -3.80. The molecule has 0 aliphatic carbocycles. The highest BCUT2D eigenvalue weighted by Crippen LogP contribution is 2.32. The van der Waals surface area contributed by atoms with Gasteiger partial charge in [-0.2, -0.15) is 8.42 Å². The third-order valence-corrected chi connectivity index (χ3v) is 4.83. The molecule has 0 unspecified atom stereocenters. The van der Waals surface area contributed by atoms with Crippen LogP contribution in [0.4, 0.5) is 0 Å². The van der Waals surface area contributed by atoms with Gasteiger partial charge in [0.15, 0.2) is 17.6 Å². The fourth-order valence-corrected chi connectivity index (χ4v) is 3.18. The van der Waals surface area contributed by atoms with Crippen molar-refractivity contribution in [2.45, 2.75) is 24.8 Å². The van der Waals surface area contributed by atoms with Crippen molar-refractivity contribution >= 4 is 10.1 Å². The van der Waals surface area contributed by atoms with Gasteiger partial charge in [-0.05, 0) is 43.7 Å². The van der Waals surface area contributed by atoms with E-state index in [1.54, 1.807) is 12.1 Å². The maximum Gasteiger partial charge on any atom is 0.297 e. The standard InChI is InChI=1S/C17H18O5S/c1-12-3-6-15(7-4-12)23(18,19)21-11-14-10-20-17-9-13(2)5-8-16(17)22-14/h3-9,14H,10-11H2,1-2H3/t14-/m1/s1. The van der Waals surface area contributed by atoms with Gasteiger partial charge in [-0.25, -0.2) is 0 Å². The van der Waals surface area contributed by atoms with Crippen LogP contribution in [0.5, 0.6) is 11.5 Å². The van der Waals surface area contributed by atoms with Crippen molar-refractivity contribution in [3.05, 3.63) is 53.6 Å². The quantitative estimate of drug-likeness (QED) is 0.805. The first-order valence-electron chi connectivity index (χ1n) is 7.30. The molecule has 0 radical (unpaired) electrons. The summed E-state index contributed by atoms with van der Waals surface area (Å²) in [6, 6.07) is 12.1. The average Bonchev–Trinajstić information content (AvgIpc) is 2.53. The molecular formula is C17H18O5S. The molecule has 0 aromatic heterocycles. The first-order chi connectivity index (χ1) is 10.9. The summed E-state index contributed by atoms with van der Waals surface area (Å²) in [5.41, 5.74) is 2.06. The molecule has 0 saturated heterocycles. The van der Waals surface area contributed by atoms with Crippen molar-refractivity contribution in [1.29, 1.82) is 0 Å². The van der Waals surface area contributed by atoms with Crippen molar-refractivity contribution in [1.82, 2.24) is 0 Å². The Hall–Kier alpha value is -2.05. The molecule has 2 aromatic carbocycles. The van der Waals surface area contributed by atoms with Gasteiger partial charge in [-0.3, -0.25) is 4.18 Å². The lowest BCUT2D eigenvalue weighted by molar-refractivity contribution is 0.0554. The minimum absolute atomic E-state index is 0.0937. The molecule has 1 aliphatic rings. The van der Waals surface area contributed by atoms with Crippen LogP contribution in [0.3, 0.4) is 0 Å². The maximum atomic E-state index is 12.2. The van der Waals surface area contributed by atoms with E-state index in [1.165, 1.54) is 12.1 Å². The number of ether oxygens (including phenoxy) is 2. The molecule has 3 rings (SSSR count). The summed E-state index contributed by atoms with van der Waals surface area (Å²) >= 11 is 0. The van der Waals surface area contributed by atoms with Gasteiger partial charge in [0.05, 0.1) is 4.90 Å². The molecule has 23 heavy (non-hydrogen) atoms. The summed E-state index contributed by atoms with van der Waals surface area (Å²) < 4.78 is 40.7. The topological polar surface area (TPSA) is 61.8 Å². The van der Waals surface area contributed by atoms with E-state index in [2.05, 4.69) is 0 Å². The van der Waals surface area contributed by atoms with Crippen LogP contribution in [0.1, 0.15) is 11.1 Å². The number of hydrogen-bond acceptors (Lipinski definition) is 5. The second-order valence-electron chi connectivity index (χ2n) is 5.55. The van der Waals surface area contributed by atoms with E-state index in [0.29, 0.717) is 11.5 Å².